The molecule has 2 atom stereocenters. The quantitative estimate of drug-likeness (QED) is 0.388. The number of rotatable bonds is 12. The Morgan fingerprint density at radius 1 is 1.05 bits per heavy atom. The summed E-state index contributed by atoms with van der Waals surface area (Å²) in [4.78, 5) is 53.9. The van der Waals surface area contributed by atoms with Crippen LogP contribution < -0.4 is 10.6 Å². The summed E-state index contributed by atoms with van der Waals surface area (Å²) in [5, 5.41) is 5.60. The van der Waals surface area contributed by atoms with Crippen molar-refractivity contribution in [1.82, 2.24) is 15.5 Å². The van der Waals surface area contributed by atoms with Crippen LogP contribution in [0, 0.1) is 19.8 Å². The molecule has 2 unspecified atom stereocenters. The summed E-state index contributed by atoms with van der Waals surface area (Å²) in [6.07, 6.45) is 1.29. The van der Waals surface area contributed by atoms with Crippen molar-refractivity contribution in [3.63, 3.8) is 0 Å². The molecule has 1 aliphatic carbocycles. The smallest absolute Gasteiger partial charge is 0.408 e. The first kappa shape index (κ1) is 31.1. The largest absolute Gasteiger partial charge is 0.466 e. The summed E-state index contributed by atoms with van der Waals surface area (Å²) in [6, 6.07) is 3.93. The monoisotopic (exact) mass is 531 g/mol. The zero-order chi connectivity index (χ0) is 28.6. The molecule has 1 aromatic carbocycles. The number of esters is 1. The van der Waals surface area contributed by atoms with Gasteiger partial charge in [-0.3, -0.25) is 14.4 Å². The molecule has 212 valence electrons. The molecule has 9 nitrogen and oxygen atoms in total. The van der Waals surface area contributed by atoms with Crippen molar-refractivity contribution < 1.29 is 28.7 Å². The number of ether oxygens (including phenoxy) is 2. The maximum Gasteiger partial charge on any atom is 0.408 e. The fourth-order valence-electron chi connectivity index (χ4n) is 4.42. The molecule has 0 heterocycles. The van der Waals surface area contributed by atoms with E-state index in [1.54, 1.807) is 32.6 Å². The number of nitrogens with one attached hydrogen (secondary N) is 2. The second kappa shape index (κ2) is 13.6. The third kappa shape index (κ3) is 9.99. The van der Waals surface area contributed by atoms with Gasteiger partial charge < -0.3 is 25.0 Å². The van der Waals surface area contributed by atoms with Gasteiger partial charge in [0.25, 0.3) is 0 Å². The molecular formula is C29H45N3O6. The van der Waals surface area contributed by atoms with E-state index < -0.39 is 29.7 Å². The van der Waals surface area contributed by atoms with Crippen molar-refractivity contribution in [2.24, 2.45) is 5.92 Å². The second-order valence-corrected chi connectivity index (χ2v) is 11.5. The van der Waals surface area contributed by atoms with E-state index in [-0.39, 0.29) is 43.3 Å². The van der Waals surface area contributed by atoms with Gasteiger partial charge in [0.1, 0.15) is 17.7 Å². The maximum absolute atomic E-state index is 14.1. The molecule has 1 aromatic rings. The Bertz CT molecular complexity index is 976. The lowest BCUT2D eigenvalue weighted by atomic mass is 9.96. The van der Waals surface area contributed by atoms with Gasteiger partial charge in [-0.1, -0.05) is 43.2 Å². The SMILES string of the molecule is CCOC(=O)CCNC(=O)C(c1cc(C)cc(C)c1)N(C(=O)C(CC(C)C)NC(=O)OC(C)(C)C)C1CC1. The van der Waals surface area contributed by atoms with Gasteiger partial charge in [0.15, 0.2) is 0 Å². The minimum absolute atomic E-state index is 0.0344. The van der Waals surface area contributed by atoms with Crippen LogP contribution in [0.5, 0.6) is 0 Å². The summed E-state index contributed by atoms with van der Waals surface area (Å²) in [5.41, 5.74) is 1.92. The zero-order valence-corrected chi connectivity index (χ0v) is 24.2. The highest BCUT2D eigenvalue weighted by molar-refractivity contribution is 5.92. The Balaban J connectivity index is 2.42. The Morgan fingerprint density at radius 3 is 2.16 bits per heavy atom. The lowest BCUT2D eigenvalue weighted by molar-refractivity contribution is -0.145. The van der Waals surface area contributed by atoms with Crippen LogP contribution in [0.15, 0.2) is 18.2 Å². The molecular weight excluding hydrogens is 486 g/mol. The van der Waals surface area contributed by atoms with Gasteiger partial charge in [-0.15, -0.1) is 0 Å². The first-order valence-electron chi connectivity index (χ1n) is 13.5. The summed E-state index contributed by atoms with van der Waals surface area (Å²) >= 11 is 0. The third-order valence-electron chi connectivity index (χ3n) is 5.91. The third-order valence-corrected chi connectivity index (χ3v) is 5.91. The van der Waals surface area contributed by atoms with Crippen LogP contribution in [0.3, 0.4) is 0 Å². The normalized spacial score (nSPS) is 14.9. The second-order valence-electron chi connectivity index (χ2n) is 11.5. The Kier molecular flexibility index (Phi) is 11.2. The number of hydrogen-bond acceptors (Lipinski definition) is 6. The number of benzene rings is 1. The number of aryl methyl sites for hydroxylation is 2. The first-order valence-corrected chi connectivity index (χ1v) is 13.5. The van der Waals surface area contributed by atoms with Crippen LogP contribution >= 0.6 is 0 Å². The average Bonchev–Trinajstić information content (AvgIpc) is 3.59. The molecule has 0 spiro atoms. The van der Waals surface area contributed by atoms with Crippen molar-refractivity contribution >= 4 is 23.9 Å². The average molecular weight is 532 g/mol. The van der Waals surface area contributed by atoms with Crippen molar-refractivity contribution in [3.05, 3.63) is 34.9 Å². The molecule has 0 bridgehead atoms. The Morgan fingerprint density at radius 2 is 1.66 bits per heavy atom. The number of nitrogens with zero attached hydrogens (tertiary/aromatic N) is 1. The predicted octanol–water partition coefficient (Wildman–Crippen LogP) is 4.34. The van der Waals surface area contributed by atoms with E-state index in [0.29, 0.717) is 12.0 Å². The van der Waals surface area contributed by atoms with Gasteiger partial charge in [0.2, 0.25) is 11.8 Å². The standard InChI is InChI=1S/C29H45N3O6/c1-9-37-24(33)12-13-30-26(34)25(21-16-19(4)15-20(5)17-21)32(22-10-11-22)27(35)23(14-18(2)3)31-28(36)38-29(6,7)8/h15-18,22-23,25H,9-14H2,1-8H3,(H,30,34)(H,31,36). The van der Waals surface area contributed by atoms with Gasteiger partial charge in [-0.05, 0) is 72.3 Å². The molecule has 0 aliphatic heterocycles. The fraction of sp³-hybridized carbons (Fsp3) is 0.655. The molecule has 0 aromatic heterocycles. The molecule has 0 saturated heterocycles. The lowest BCUT2D eigenvalue weighted by Gasteiger charge is -2.35. The minimum Gasteiger partial charge on any atom is -0.466 e. The van der Waals surface area contributed by atoms with Gasteiger partial charge in [0, 0.05) is 12.6 Å². The van der Waals surface area contributed by atoms with E-state index in [9.17, 15) is 19.2 Å². The van der Waals surface area contributed by atoms with Crippen LogP contribution in [-0.2, 0) is 23.9 Å². The fourth-order valence-corrected chi connectivity index (χ4v) is 4.42. The molecule has 38 heavy (non-hydrogen) atoms. The van der Waals surface area contributed by atoms with Crippen molar-refractivity contribution in [3.8, 4) is 0 Å². The van der Waals surface area contributed by atoms with Gasteiger partial charge in [-0.25, -0.2) is 4.79 Å². The van der Waals surface area contributed by atoms with Crippen LogP contribution in [-0.4, -0.2) is 59.6 Å². The van der Waals surface area contributed by atoms with Crippen LogP contribution in [0.25, 0.3) is 0 Å². The van der Waals surface area contributed by atoms with E-state index in [1.165, 1.54) is 0 Å². The topological polar surface area (TPSA) is 114 Å². The maximum atomic E-state index is 14.1. The molecule has 1 saturated carbocycles. The number of amides is 3. The number of hydrogen-bond donors (Lipinski definition) is 2. The molecule has 2 rings (SSSR count). The highest BCUT2D eigenvalue weighted by Gasteiger charge is 2.44. The highest BCUT2D eigenvalue weighted by Crippen LogP contribution is 2.36. The summed E-state index contributed by atoms with van der Waals surface area (Å²) < 4.78 is 10.4. The van der Waals surface area contributed by atoms with Gasteiger partial charge in [0.05, 0.1) is 13.0 Å². The number of carbonyl (C=O) groups excluding carboxylic acids is 4. The van der Waals surface area contributed by atoms with E-state index in [2.05, 4.69) is 10.6 Å². The first-order chi connectivity index (χ1) is 17.7. The van der Waals surface area contributed by atoms with E-state index in [0.717, 1.165) is 24.0 Å². The van der Waals surface area contributed by atoms with Gasteiger partial charge >= 0.3 is 12.1 Å². The number of alkyl carbamates (subject to hydrolysis) is 1. The molecule has 0 radical (unpaired) electrons. The highest BCUT2D eigenvalue weighted by atomic mass is 16.6. The summed E-state index contributed by atoms with van der Waals surface area (Å²) in [5.74, 6) is -0.987. The predicted molar refractivity (Wildman–Crippen MR) is 145 cm³/mol. The van der Waals surface area contributed by atoms with E-state index in [4.69, 9.17) is 9.47 Å². The van der Waals surface area contributed by atoms with Crippen molar-refractivity contribution in [2.45, 2.75) is 105 Å². The molecule has 1 aliphatic rings. The molecule has 3 amide bonds. The zero-order valence-electron chi connectivity index (χ0n) is 24.2. The lowest BCUT2D eigenvalue weighted by Crippen LogP contribution is -2.54. The summed E-state index contributed by atoms with van der Waals surface area (Å²) in [6.45, 7) is 15.2. The van der Waals surface area contributed by atoms with Crippen LogP contribution in [0.4, 0.5) is 4.79 Å². The van der Waals surface area contributed by atoms with Crippen molar-refractivity contribution in [1.29, 1.82) is 0 Å². The van der Waals surface area contributed by atoms with E-state index >= 15 is 0 Å². The van der Waals surface area contributed by atoms with Gasteiger partial charge in [-0.2, -0.15) is 0 Å². The van der Waals surface area contributed by atoms with Crippen LogP contribution in [0.1, 0.15) is 90.0 Å². The van der Waals surface area contributed by atoms with Crippen molar-refractivity contribution in [2.75, 3.05) is 13.2 Å². The molecule has 1 fully saturated rings. The minimum atomic E-state index is -0.911. The summed E-state index contributed by atoms with van der Waals surface area (Å²) in [7, 11) is 0. The molecule has 2 N–H and O–H groups in total. The Labute approximate surface area is 227 Å². The number of carbonyl (C=O) groups is 4. The Hall–Kier alpha value is -3.10. The molecule has 9 heteroatoms. The van der Waals surface area contributed by atoms with E-state index in [1.807, 2.05) is 45.9 Å². The van der Waals surface area contributed by atoms with Crippen LogP contribution in [0.2, 0.25) is 0 Å².